The van der Waals surface area contributed by atoms with Gasteiger partial charge in [-0.05, 0) is 58.1 Å². The van der Waals surface area contributed by atoms with Gasteiger partial charge in [0.1, 0.15) is 29.8 Å². The summed E-state index contributed by atoms with van der Waals surface area (Å²) in [5, 5.41) is 9.99. The van der Waals surface area contributed by atoms with E-state index in [1.54, 1.807) is 24.3 Å². The number of aliphatic hydroxyl groups is 1. The number of benzene rings is 2. The van der Waals surface area contributed by atoms with E-state index in [-0.39, 0.29) is 12.5 Å². The Balaban J connectivity index is 1.83. The molecule has 3 rings (SSSR count). The summed E-state index contributed by atoms with van der Waals surface area (Å²) < 4.78 is 50.6. The lowest BCUT2D eigenvalue weighted by Gasteiger charge is -2.38. The Labute approximate surface area is 175 Å². The van der Waals surface area contributed by atoms with Crippen LogP contribution < -0.4 is 9.47 Å². The third kappa shape index (κ3) is 5.46. The molecule has 7 heteroatoms. The number of hydrogen-bond acceptors (Lipinski definition) is 4. The zero-order valence-corrected chi connectivity index (χ0v) is 17.7. The molecule has 1 N–H and O–H groups in total. The van der Waals surface area contributed by atoms with Crippen LogP contribution in [-0.2, 0) is 6.18 Å². The molecule has 1 heterocycles. The fraction of sp³-hybridized carbons (Fsp3) is 0.478. The maximum atomic E-state index is 12.9. The average Bonchev–Trinajstić information content (AvgIpc) is 2.63. The van der Waals surface area contributed by atoms with Crippen molar-refractivity contribution in [2.24, 2.45) is 0 Å². The number of likely N-dealkylation sites (N-methyl/N-ethyl adjacent to an activating group) is 1. The molecule has 0 radical (unpaired) electrons. The number of nitrogens with zero attached hydrogens (tertiary/aromatic N) is 1. The third-order valence-electron chi connectivity index (χ3n) is 5.10. The predicted octanol–water partition coefficient (Wildman–Crippen LogP) is 4.70. The van der Waals surface area contributed by atoms with Gasteiger partial charge in [0.2, 0.25) is 0 Å². The van der Waals surface area contributed by atoms with E-state index < -0.39 is 23.4 Å². The first-order chi connectivity index (χ1) is 13.9. The van der Waals surface area contributed by atoms with Gasteiger partial charge in [-0.15, -0.1) is 0 Å². The average molecular weight is 423 g/mol. The Morgan fingerprint density at radius 1 is 1.17 bits per heavy atom. The molecule has 0 saturated heterocycles. The summed E-state index contributed by atoms with van der Waals surface area (Å²) in [7, 11) is 3.75. The van der Waals surface area contributed by atoms with E-state index >= 15 is 0 Å². The van der Waals surface area contributed by atoms with Crippen LogP contribution in [0.15, 0.2) is 42.5 Å². The highest BCUT2D eigenvalue weighted by atomic mass is 19.4. The number of halogens is 3. The quantitative estimate of drug-likeness (QED) is 0.731. The fourth-order valence-corrected chi connectivity index (χ4v) is 3.79. The van der Waals surface area contributed by atoms with Gasteiger partial charge in [-0.2, -0.15) is 13.2 Å². The van der Waals surface area contributed by atoms with Crippen LogP contribution in [-0.4, -0.2) is 49.0 Å². The van der Waals surface area contributed by atoms with Gasteiger partial charge in [-0.25, -0.2) is 0 Å². The van der Waals surface area contributed by atoms with Crippen LogP contribution in [0.5, 0.6) is 11.5 Å². The predicted molar refractivity (Wildman–Crippen MR) is 109 cm³/mol. The lowest BCUT2D eigenvalue weighted by atomic mass is 9.80. The molecule has 4 nitrogen and oxygen atoms in total. The van der Waals surface area contributed by atoms with Crippen molar-refractivity contribution in [2.75, 3.05) is 27.2 Å². The first kappa shape index (κ1) is 22.4. The molecular formula is C23H28F3NO3. The first-order valence-corrected chi connectivity index (χ1v) is 9.90. The second kappa shape index (κ2) is 8.47. The van der Waals surface area contributed by atoms with Crippen LogP contribution >= 0.6 is 0 Å². The first-order valence-electron chi connectivity index (χ1n) is 9.90. The van der Waals surface area contributed by atoms with E-state index in [2.05, 4.69) is 0 Å². The summed E-state index contributed by atoms with van der Waals surface area (Å²) in [5.74, 6) is 1.14. The summed E-state index contributed by atoms with van der Waals surface area (Å²) in [6.07, 6.45) is -4.32. The minimum atomic E-state index is -4.35. The monoisotopic (exact) mass is 423 g/mol. The van der Waals surface area contributed by atoms with Gasteiger partial charge in [-0.3, -0.25) is 0 Å². The molecule has 0 amide bonds. The summed E-state index contributed by atoms with van der Waals surface area (Å²) in [5.41, 5.74) is 0.590. The van der Waals surface area contributed by atoms with Gasteiger partial charge in [0, 0.05) is 24.1 Å². The van der Waals surface area contributed by atoms with Gasteiger partial charge < -0.3 is 19.5 Å². The Kier molecular flexibility index (Phi) is 6.34. The van der Waals surface area contributed by atoms with Crippen molar-refractivity contribution in [3.63, 3.8) is 0 Å². The van der Waals surface area contributed by atoms with Crippen LogP contribution in [0.1, 0.15) is 42.9 Å². The van der Waals surface area contributed by atoms with Crippen molar-refractivity contribution in [2.45, 2.75) is 44.1 Å². The zero-order valence-electron chi connectivity index (χ0n) is 17.7. The SMILES string of the molecule is CN(C)CC(O)COc1ccc2c(c1)OC(C)(C)CC2c1ccc(C(F)(F)F)cc1. The Morgan fingerprint density at radius 3 is 2.43 bits per heavy atom. The van der Waals surface area contributed by atoms with Crippen molar-refractivity contribution in [3.05, 3.63) is 59.2 Å². The number of fused-ring (bicyclic) bond motifs is 1. The molecule has 2 aromatic carbocycles. The number of ether oxygens (including phenoxy) is 2. The second-order valence-electron chi connectivity index (χ2n) is 8.66. The van der Waals surface area contributed by atoms with E-state index in [0.717, 1.165) is 23.3 Å². The molecule has 2 atom stereocenters. The molecule has 0 aliphatic carbocycles. The van der Waals surface area contributed by atoms with E-state index in [4.69, 9.17) is 9.47 Å². The molecule has 2 aromatic rings. The van der Waals surface area contributed by atoms with Crippen LogP contribution in [0.2, 0.25) is 0 Å². The fourth-order valence-electron chi connectivity index (χ4n) is 3.79. The Morgan fingerprint density at radius 2 is 1.83 bits per heavy atom. The molecule has 0 bridgehead atoms. The topological polar surface area (TPSA) is 41.9 Å². The lowest BCUT2D eigenvalue weighted by molar-refractivity contribution is -0.137. The van der Waals surface area contributed by atoms with E-state index in [1.807, 2.05) is 38.9 Å². The van der Waals surface area contributed by atoms with Crippen molar-refractivity contribution >= 4 is 0 Å². The van der Waals surface area contributed by atoms with E-state index in [1.165, 1.54) is 0 Å². The summed E-state index contributed by atoms with van der Waals surface area (Å²) in [4.78, 5) is 1.88. The Hall–Kier alpha value is -2.25. The number of aliphatic hydroxyl groups excluding tert-OH is 1. The maximum Gasteiger partial charge on any atom is 0.416 e. The van der Waals surface area contributed by atoms with E-state index in [9.17, 15) is 18.3 Å². The van der Waals surface area contributed by atoms with Gasteiger partial charge >= 0.3 is 6.18 Å². The van der Waals surface area contributed by atoms with Gasteiger partial charge in [0.15, 0.2) is 0 Å². The summed E-state index contributed by atoms with van der Waals surface area (Å²) in [6.45, 7) is 4.57. The highest BCUT2D eigenvalue weighted by Gasteiger charge is 2.36. The number of hydrogen-bond donors (Lipinski definition) is 1. The minimum Gasteiger partial charge on any atom is -0.491 e. The van der Waals surface area contributed by atoms with Crippen molar-refractivity contribution in [1.82, 2.24) is 4.90 Å². The molecule has 2 unspecified atom stereocenters. The lowest BCUT2D eigenvalue weighted by Crippen LogP contribution is -2.35. The number of alkyl halides is 3. The molecule has 1 aliphatic heterocycles. The third-order valence-corrected chi connectivity index (χ3v) is 5.10. The van der Waals surface area contributed by atoms with Crippen LogP contribution in [0.4, 0.5) is 13.2 Å². The normalized spacial score (nSPS) is 19.2. The van der Waals surface area contributed by atoms with Gasteiger partial charge in [0.05, 0.1) is 5.56 Å². The number of rotatable bonds is 6. The smallest absolute Gasteiger partial charge is 0.416 e. The summed E-state index contributed by atoms with van der Waals surface area (Å²) >= 11 is 0. The highest BCUT2D eigenvalue weighted by molar-refractivity contribution is 5.49. The van der Waals surface area contributed by atoms with Gasteiger partial charge in [0.25, 0.3) is 0 Å². The van der Waals surface area contributed by atoms with E-state index in [0.29, 0.717) is 24.5 Å². The van der Waals surface area contributed by atoms with Crippen LogP contribution in [0.25, 0.3) is 0 Å². The van der Waals surface area contributed by atoms with Crippen LogP contribution in [0.3, 0.4) is 0 Å². The van der Waals surface area contributed by atoms with Crippen LogP contribution in [0, 0.1) is 0 Å². The maximum absolute atomic E-state index is 12.9. The standard InChI is InChI=1S/C23H28F3NO3/c1-22(2)12-20(15-5-7-16(8-6-15)23(24,25)26)19-10-9-18(11-21(19)30-22)29-14-17(28)13-27(3)4/h5-11,17,20,28H,12-14H2,1-4H3. The molecule has 0 fully saturated rings. The molecule has 0 aromatic heterocycles. The molecule has 0 spiro atoms. The van der Waals surface area contributed by atoms with Crippen molar-refractivity contribution in [3.8, 4) is 11.5 Å². The zero-order chi connectivity index (χ0) is 22.1. The molecule has 0 saturated carbocycles. The van der Waals surface area contributed by atoms with Gasteiger partial charge in [-0.1, -0.05) is 18.2 Å². The molecule has 1 aliphatic rings. The molecular weight excluding hydrogens is 395 g/mol. The largest absolute Gasteiger partial charge is 0.491 e. The van der Waals surface area contributed by atoms with Crippen molar-refractivity contribution in [1.29, 1.82) is 0 Å². The second-order valence-corrected chi connectivity index (χ2v) is 8.66. The minimum absolute atomic E-state index is 0.0839. The Bertz CT molecular complexity index is 863. The summed E-state index contributed by atoms with van der Waals surface area (Å²) in [6, 6.07) is 10.8. The highest BCUT2D eigenvalue weighted by Crippen LogP contribution is 2.45. The molecule has 164 valence electrons. The van der Waals surface area contributed by atoms with Crippen molar-refractivity contribution < 1.29 is 27.8 Å². The molecule has 30 heavy (non-hydrogen) atoms.